The second-order valence-corrected chi connectivity index (χ2v) is 4.64. The maximum absolute atomic E-state index is 11.0. The van der Waals surface area contributed by atoms with Crippen molar-refractivity contribution in [2.24, 2.45) is 0 Å². The molecule has 0 aliphatic carbocycles. The topological polar surface area (TPSA) is 63.2 Å². The van der Waals surface area contributed by atoms with Gasteiger partial charge < -0.3 is 10.1 Å². The number of amides is 1. The Morgan fingerprint density at radius 1 is 1.25 bits per heavy atom. The molecule has 0 spiro atoms. The summed E-state index contributed by atoms with van der Waals surface area (Å²) in [5.74, 6) is 0.389. The molecule has 1 amide bonds. The zero-order valence-corrected chi connectivity index (χ0v) is 12.0. The van der Waals surface area contributed by atoms with E-state index >= 15 is 0 Å². The van der Waals surface area contributed by atoms with Gasteiger partial charge in [0, 0.05) is 5.02 Å². The Labute approximate surface area is 125 Å². The molecule has 1 heterocycles. The lowest BCUT2D eigenvalue weighted by molar-refractivity contribution is 0.187. The molecule has 7 heteroatoms. The highest BCUT2D eigenvalue weighted by atomic mass is 35.5. The van der Waals surface area contributed by atoms with Crippen molar-refractivity contribution in [2.75, 3.05) is 17.7 Å². The number of aromatic nitrogens is 1. The van der Waals surface area contributed by atoms with Gasteiger partial charge in [-0.1, -0.05) is 23.2 Å². The number of nitrogens with zero attached hydrogens (tertiary/aromatic N) is 1. The summed E-state index contributed by atoms with van der Waals surface area (Å²) in [6, 6.07) is 8.50. The van der Waals surface area contributed by atoms with Crippen LogP contribution in [0.5, 0.6) is 0 Å². The summed E-state index contributed by atoms with van der Waals surface area (Å²) in [6.45, 7) is 0. The Balaban J connectivity index is 2.10. The van der Waals surface area contributed by atoms with Crippen molar-refractivity contribution in [3.8, 4) is 0 Å². The van der Waals surface area contributed by atoms with Crippen LogP contribution in [0.2, 0.25) is 10.0 Å². The average molecular weight is 312 g/mol. The molecule has 0 unspecified atom stereocenters. The van der Waals surface area contributed by atoms with Gasteiger partial charge >= 0.3 is 6.09 Å². The summed E-state index contributed by atoms with van der Waals surface area (Å²) < 4.78 is 4.47. The van der Waals surface area contributed by atoms with Gasteiger partial charge in [0.15, 0.2) is 0 Å². The van der Waals surface area contributed by atoms with Gasteiger partial charge in [-0.05, 0) is 30.3 Å². The highest BCUT2D eigenvalue weighted by Gasteiger charge is 2.04. The first-order valence-electron chi connectivity index (χ1n) is 5.61. The first-order valence-corrected chi connectivity index (χ1v) is 6.37. The lowest BCUT2D eigenvalue weighted by Gasteiger charge is -2.09. The van der Waals surface area contributed by atoms with Gasteiger partial charge in [-0.3, -0.25) is 5.32 Å². The largest absolute Gasteiger partial charge is 0.453 e. The van der Waals surface area contributed by atoms with Gasteiger partial charge in [0.1, 0.15) is 5.82 Å². The molecule has 2 N–H and O–H groups in total. The summed E-state index contributed by atoms with van der Waals surface area (Å²) in [4.78, 5) is 15.1. The van der Waals surface area contributed by atoms with Crippen LogP contribution in [0.3, 0.4) is 0 Å². The molecule has 0 saturated heterocycles. The van der Waals surface area contributed by atoms with Crippen LogP contribution >= 0.6 is 23.2 Å². The van der Waals surface area contributed by atoms with Crippen molar-refractivity contribution in [1.82, 2.24) is 4.98 Å². The van der Waals surface area contributed by atoms with Crippen LogP contribution < -0.4 is 10.6 Å². The zero-order valence-electron chi connectivity index (χ0n) is 10.5. The summed E-state index contributed by atoms with van der Waals surface area (Å²) >= 11 is 12.0. The van der Waals surface area contributed by atoms with Gasteiger partial charge in [-0.2, -0.15) is 0 Å². The number of ether oxygens (including phenoxy) is 1. The minimum atomic E-state index is -0.573. The summed E-state index contributed by atoms with van der Waals surface area (Å²) in [7, 11) is 1.28. The van der Waals surface area contributed by atoms with Crippen molar-refractivity contribution < 1.29 is 9.53 Å². The van der Waals surface area contributed by atoms with E-state index in [1.807, 2.05) is 0 Å². The summed E-state index contributed by atoms with van der Waals surface area (Å²) in [5.41, 5.74) is 1.39. The van der Waals surface area contributed by atoms with Crippen LogP contribution in [-0.4, -0.2) is 18.2 Å². The van der Waals surface area contributed by atoms with Gasteiger partial charge in [0.2, 0.25) is 0 Å². The van der Waals surface area contributed by atoms with Crippen molar-refractivity contribution in [1.29, 1.82) is 0 Å². The minimum Gasteiger partial charge on any atom is -0.453 e. The molecule has 20 heavy (non-hydrogen) atoms. The Hall–Kier alpha value is -1.98. The van der Waals surface area contributed by atoms with E-state index in [9.17, 15) is 4.79 Å². The van der Waals surface area contributed by atoms with Crippen LogP contribution in [0.25, 0.3) is 0 Å². The van der Waals surface area contributed by atoms with E-state index in [-0.39, 0.29) is 0 Å². The van der Waals surface area contributed by atoms with E-state index in [4.69, 9.17) is 23.2 Å². The Kier molecular flexibility index (Phi) is 4.65. The molecule has 0 aliphatic heterocycles. The van der Waals surface area contributed by atoms with Gasteiger partial charge in [-0.25, -0.2) is 9.78 Å². The third kappa shape index (κ3) is 3.76. The predicted octanol–water partition coefficient (Wildman–Crippen LogP) is 4.31. The van der Waals surface area contributed by atoms with Gasteiger partial charge in [0.25, 0.3) is 0 Å². The molecule has 0 aliphatic rings. The number of nitrogens with one attached hydrogen (secondary N) is 2. The first kappa shape index (κ1) is 14.4. The molecular weight excluding hydrogens is 301 g/mol. The average Bonchev–Trinajstić information content (AvgIpc) is 2.45. The molecule has 0 fully saturated rings. The van der Waals surface area contributed by atoms with Crippen LogP contribution in [0.15, 0.2) is 36.5 Å². The Morgan fingerprint density at radius 2 is 2.05 bits per heavy atom. The molecule has 2 rings (SSSR count). The molecule has 2 aromatic rings. The van der Waals surface area contributed by atoms with Crippen LogP contribution in [0.1, 0.15) is 0 Å². The third-order valence-electron chi connectivity index (χ3n) is 2.39. The van der Waals surface area contributed by atoms with E-state index < -0.39 is 6.09 Å². The SMILES string of the molecule is COC(=O)Nc1ccc(Nc2cc(Cl)ccc2Cl)cn1. The Bertz CT molecular complexity index is 618. The minimum absolute atomic E-state index is 0.389. The monoisotopic (exact) mass is 311 g/mol. The number of carbonyl (C=O) groups excluding carboxylic acids is 1. The number of rotatable bonds is 3. The quantitative estimate of drug-likeness (QED) is 0.886. The molecule has 0 bridgehead atoms. The van der Waals surface area contributed by atoms with E-state index in [2.05, 4.69) is 20.4 Å². The van der Waals surface area contributed by atoms with Crippen molar-refractivity contribution in [3.63, 3.8) is 0 Å². The van der Waals surface area contributed by atoms with Crippen molar-refractivity contribution >= 4 is 46.5 Å². The standard InChI is InChI=1S/C13H11Cl2N3O2/c1-20-13(19)18-12-5-3-9(7-16-12)17-11-6-8(14)2-4-10(11)15/h2-7,17H,1H3,(H,16,18,19). The van der Waals surface area contributed by atoms with Crippen LogP contribution in [-0.2, 0) is 4.74 Å². The van der Waals surface area contributed by atoms with E-state index in [0.717, 1.165) is 0 Å². The second kappa shape index (κ2) is 6.45. The smallest absolute Gasteiger partial charge is 0.412 e. The van der Waals surface area contributed by atoms with Crippen molar-refractivity contribution in [3.05, 3.63) is 46.6 Å². The number of pyridine rings is 1. The Morgan fingerprint density at radius 3 is 2.70 bits per heavy atom. The highest BCUT2D eigenvalue weighted by Crippen LogP contribution is 2.28. The predicted molar refractivity (Wildman–Crippen MR) is 80.0 cm³/mol. The molecule has 1 aromatic heterocycles. The maximum Gasteiger partial charge on any atom is 0.412 e. The fourth-order valence-corrected chi connectivity index (χ4v) is 1.78. The number of hydrogen-bond acceptors (Lipinski definition) is 4. The number of methoxy groups -OCH3 is 1. The lowest BCUT2D eigenvalue weighted by atomic mass is 10.3. The van der Waals surface area contributed by atoms with Crippen molar-refractivity contribution in [2.45, 2.75) is 0 Å². The fraction of sp³-hybridized carbons (Fsp3) is 0.0769. The molecule has 0 atom stereocenters. The highest BCUT2D eigenvalue weighted by molar-refractivity contribution is 6.35. The molecule has 0 saturated carbocycles. The molecule has 0 radical (unpaired) electrons. The number of halogens is 2. The molecule has 5 nitrogen and oxygen atoms in total. The molecule has 104 valence electrons. The van der Waals surface area contributed by atoms with Crippen LogP contribution in [0.4, 0.5) is 22.0 Å². The maximum atomic E-state index is 11.0. The molecular formula is C13H11Cl2N3O2. The number of benzene rings is 1. The fourth-order valence-electron chi connectivity index (χ4n) is 1.45. The number of hydrogen-bond donors (Lipinski definition) is 2. The first-order chi connectivity index (χ1) is 9.58. The molecule has 1 aromatic carbocycles. The van der Waals surface area contributed by atoms with Gasteiger partial charge in [0.05, 0.1) is 29.7 Å². The van der Waals surface area contributed by atoms with E-state index in [1.54, 1.807) is 36.5 Å². The lowest BCUT2D eigenvalue weighted by Crippen LogP contribution is -2.11. The third-order valence-corrected chi connectivity index (χ3v) is 2.95. The summed E-state index contributed by atoms with van der Waals surface area (Å²) in [5, 5.41) is 6.67. The van der Waals surface area contributed by atoms with E-state index in [1.165, 1.54) is 7.11 Å². The van der Waals surface area contributed by atoms with Gasteiger partial charge in [-0.15, -0.1) is 0 Å². The zero-order chi connectivity index (χ0) is 14.5. The second-order valence-electron chi connectivity index (χ2n) is 3.80. The summed E-state index contributed by atoms with van der Waals surface area (Å²) in [6.07, 6.45) is 0.985. The number of carbonyl (C=O) groups is 1. The van der Waals surface area contributed by atoms with Crippen LogP contribution in [0, 0.1) is 0 Å². The number of anilines is 3. The van der Waals surface area contributed by atoms with E-state index in [0.29, 0.717) is 27.2 Å². The normalized spacial score (nSPS) is 9.95.